The molecule has 0 radical (unpaired) electrons. The molecule has 0 aliphatic rings. The van der Waals surface area contributed by atoms with Crippen LogP contribution in [0.5, 0.6) is 0 Å². The number of aliphatic hydroxyl groups excluding tert-OH is 1. The van der Waals surface area contributed by atoms with Crippen molar-refractivity contribution >= 4 is 0 Å². The van der Waals surface area contributed by atoms with Crippen molar-refractivity contribution in [3.63, 3.8) is 0 Å². The van der Waals surface area contributed by atoms with Gasteiger partial charge in [0, 0.05) is 6.61 Å². The van der Waals surface area contributed by atoms with Gasteiger partial charge in [-0.2, -0.15) is 0 Å². The lowest BCUT2D eigenvalue weighted by Gasteiger charge is -2.11. The first-order valence-electron chi connectivity index (χ1n) is 18.4. The maximum absolute atomic E-state index is 10.2. The number of ether oxygens (including phenoxy) is 1. The highest BCUT2D eigenvalue weighted by molar-refractivity contribution is 4.92. The first-order valence-corrected chi connectivity index (χ1v) is 18.4. The van der Waals surface area contributed by atoms with Crippen molar-refractivity contribution in [3.05, 3.63) is 24.3 Å². The van der Waals surface area contributed by atoms with E-state index in [2.05, 4.69) is 38.2 Å². The van der Waals surface area contributed by atoms with E-state index in [1.807, 2.05) is 0 Å². The third kappa shape index (κ3) is 35.4. The van der Waals surface area contributed by atoms with Gasteiger partial charge in [0.05, 0.1) is 12.7 Å². The van der Waals surface area contributed by atoms with E-state index in [1.54, 1.807) is 0 Å². The zero-order valence-electron chi connectivity index (χ0n) is 27.7. The normalized spacial score (nSPS) is 12.8. The Kier molecular flexibility index (Phi) is 35.9. The summed E-state index contributed by atoms with van der Waals surface area (Å²) < 4.78 is 5.73. The topological polar surface area (TPSA) is 29.5 Å². The summed E-state index contributed by atoms with van der Waals surface area (Å²) in [7, 11) is 0. The molecule has 1 atom stereocenters. The number of aliphatic hydroxyl groups is 1. The van der Waals surface area contributed by atoms with Crippen LogP contribution in [0, 0.1) is 0 Å². The minimum absolute atomic E-state index is 0.267. The lowest BCUT2D eigenvalue weighted by atomic mass is 10.0. The molecular weight excluding hydrogens is 488 g/mol. The summed E-state index contributed by atoms with van der Waals surface area (Å²) in [6, 6.07) is 0. The summed E-state index contributed by atoms with van der Waals surface area (Å²) in [5, 5.41) is 10.2. The molecule has 0 aliphatic heterocycles. The molecule has 2 nitrogen and oxygen atoms in total. The van der Waals surface area contributed by atoms with Crippen molar-refractivity contribution < 1.29 is 9.84 Å². The fourth-order valence-electron chi connectivity index (χ4n) is 5.42. The predicted octanol–water partition coefficient (Wildman–Crippen LogP) is 12.8. The molecule has 0 spiro atoms. The Morgan fingerprint density at radius 1 is 0.450 bits per heavy atom. The molecule has 238 valence electrons. The standard InChI is InChI=1S/C38H74O2/c1-3-5-7-9-11-13-15-17-19-21-23-25-27-29-31-33-35-38(39)37-40-36-34-32-30-28-26-24-22-20-18-16-14-12-10-8-6-4-2/h12,14,18,20,38-39H,3-11,13,15-17,19,21-37H2,1-2H3/b14-12-,20-18-. The van der Waals surface area contributed by atoms with Gasteiger partial charge in [-0.25, -0.2) is 0 Å². The van der Waals surface area contributed by atoms with Crippen LogP contribution in [0.2, 0.25) is 0 Å². The second-order valence-corrected chi connectivity index (χ2v) is 12.4. The van der Waals surface area contributed by atoms with Crippen molar-refractivity contribution in [1.29, 1.82) is 0 Å². The molecule has 0 saturated heterocycles. The van der Waals surface area contributed by atoms with Crippen molar-refractivity contribution in [2.45, 2.75) is 206 Å². The maximum atomic E-state index is 10.2. The third-order valence-corrected chi connectivity index (χ3v) is 8.19. The van der Waals surface area contributed by atoms with E-state index in [0.717, 1.165) is 32.3 Å². The lowest BCUT2D eigenvalue weighted by Crippen LogP contribution is -2.15. The summed E-state index contributed by atoms with van der Waals surface area (Å²) in [5.41, 5.74) is 0. The maximum Gasteiger partial charge on any atom is 0.0773 e. The molecule has 0 rings (SSSR count). The van der Waals surface area contributed by atoms with Crippen LogP contribution in [0.25, 0.3) is 0 Å². The van der Waals surface area contributed by atoms with Gasteiger partial charge in [-0.15, -0.1) is 0 Å². The van der Waals surface area contributed by atoms with Gasteiger partial charge in [0.1, 0.15) is 0 Å². The predicted molar refractivity (Wildman–Crippen MR) is 180 cm³/mol. The average Bonchev–Trinajstić information content (AvgIpc) is 2.96. The quantitative estimate of drug-likeness (QED) is 0.0624. The second kappa shape index (κ2) is 36.4. The van der Waals surface area contributed by atoms with Crippen LogP contribution >= 0.6 is 0 Å². The average molecular weight is 563 g/mol. The van der Waals surface area contributed by atoms with Gasteiger partial charge in [-0.05, 0) is 44.9 Å². The smallest absolute Gasteiger partial charge is 0.0773 e. The molecule has 0 fully saturated rings. The molecule has 1 N–H and O–H groups in total. The highest BCUT2D eigenvalue weighted by atomic mass is 16.5. The summed E-state index contributed by atoms with van der Waals surface area (Å²) >= 11 is 0. The van der Waals surface area contributed by atoms with E-state index in [9.17, 15) is 5.11 Å². The van der Waals surface area contributed by atoms with Crippen LogP contribution in [-0.4, -0.2) is 24.4 Å². The van der Waals surface area contributed by atoms with Gasteiger partial charge >= 0.3 is 0 Å². The first-order chi connectivity index (χ1) is 19.8. The summed E-state index contributed by atoms with van der Waals surface area (Å²) in [6.45, 7) is 5.89. The van der Waals surface area contributed by atoms with E-state index in [4.69, 9.17) is 4.74 Å². The van der Waals surface area contributed by atoms with Crippen LogP contribution in [0.1, 0.15) is 200 Å². The van der Waals surface area contributed by atoms with Crippen LogP contribution in [0.4, 0.5) is 0 Å². The van der Waals surface area contributed by atoms with Crippen LogP contribution in [0.3, 0.4) is 0 Å². The highest BCUT2D eigenvalue weighted by Crippen LogP contribution is 2.15. The SMILES string of the molecule is CCCCC/C=C\C/C=C\CCCCCCCCOCC(O)CCCCCCCCCCCCCCCCCC. The van der Waals surface area contributed by atoms with Gasteiger partial charge in [0.15, 0.2) is 0 Å². The van der Waals surface area contributed by atoms with Gasteiger partial charge in [-0.3, -0.25) is 0 Å². The van der Waals surface area contributed by atoms with E-state index in [1.165, 1.54) is 161 Å². The molecule has 0 bridgehead atoms. The Balaban J connectivity index is 3.20. The molecule has 0 heterocycles. The number of allylic oxidation sites excluding steroid dienone is 4. The zero-order valence-corrected chi connectivity index (χ0v) is 27.7. The van der Waals surface area contributed by atoms with Crippen molar-refractivity contribution in [2.75, 3.05) is 13.2 Å². The Hall–Kier alpha value is -0.600. The fraction of sp³-hybridized carbons (Fsp3) is 0.895. The summed E-state index contributed by atoms with van der Waals surface area (Å²) in [4.78, 5) is 0. The Morgan fingerprint density at radius 3 is 1.32 bits per heavy atom. The molecule has 2 heteroatoms. The van der Waals surface area contributed by atoms with E-state index in [0.29, 0.717) is 6.61 Å². The zero-order chi connectivity index (χ0) is 29.0. The fourth-order valence-corrected chi connectivity index (χ4v) is 5.42. The van der Waals surface area contributed by atoms with Crippen LogP contribution in [-0.2, 0) is 4.74 Å². The largest absolute Gasteiger partial charge is 0.391 e. The van der Waals surface area contributed by atoms with E-state index >= 15 is 0 Å². The summed E-state index contributed by atoms with van der Waals surface area (Å²) in [5.74, 6) is 0. The van der Waals surface area contributed by atoms with Crippen molar-refractivity contribution in [2.24, 2.45) is 0 Å². The molecule has 0 aromatic rings. The Morgan fingerprint density at radius 2 is 0.825 bits per heavy atom. The number of unbranched alkanes of at least 4 members (excludes halogenated alkanes) is 24. The molecule has 0 aromatic heterocycles. The minimum Gasteiger partial charge on any atom is -0.391 e. The molecule has 0 saturated carbocycles. The van der Waals surface area contributed by atoms with E-state index < -0.39 is 0 Å². The van der Waals surface area contributed by atoms with Gasteiger partial charge < -0.3 is 9.84 Å². The lowest BCUT2D eigenvalue weighted by molar-refractivity contribution is 0.0297. The van der Waals surface area contributed by atoms with Gasteiger partial charge in [0.2, 0.25) is 0 Å². The monoisotopic (exact) mass is 563 g/mol. The second-order valence-electron chi connectivity index (χ2n) is 12.4. The molecular formula is C38H74O2. The molecule has 40 heavy (non-hydrogen) atoms. The highest BCUT2D eigenvalue weighted by Gasteiger charge is 2.04. The number of rotatable bonds is 34. The third-order valence-electron chi connectivity index (χ3n) is 8.19. The number of hydrogen-bond donors (Lipinski definition) is 1. The molecule has 0 amide bonds. The Labute approximate surface area is 253 Å². The van der Waals surface area contributed by atoms with Gasteiger partial charge in [-0.1, -0.05) is 179 Å². The van der Waals surface area contributed by atoms with Crippen LogP contribution < -0.4 is 0 Å². The van der Waals surface area contributed by atoms with E-state index in [-0.39, 0.29) is 6.10 Å². The number of hydrogen-bond acceptors (Lipinski definition) is 2. The van der Waals surface area contributed by atoms with Crippen LogP contribution in [0.15, 0.2) is 24.3 Å². The molecule has 0 aliphatic carbocycles. The molecule has 1 unspecified atom stereocenters. The van der Waals surface area contributed by atoms with Gasteiger partial charge in [0.25, 0.3) is 0 Å². The first kappa shape index (κ1) is 39.4. The Bertz CT molecular complexity index is 498. The molecule has 0 aromatic carbocycles. The van der Waals surface area contributed by atoms with Crippen molar-refractivity contribution in [3.8, 4) is 0 Å². The van der Waals surface area contributed by atoms with Crippen molar-refractivity contribution in [1.82, 2.24) is 0 Å². The summed E-state index contributed by atoms with van der Waals surface area (Å²) in [6.07, 6.45) is 47.5. The minimum atomic E-state index is -0.267.